The van der Waals surface area contributed by atoms with Crippen molar-refractivity contribution in [2.45, 2.75) is 23.8 Å². The lowest BCUT2D eigenvalue weighted by atomic mass is 10.1. The van der Waals surface area contributed by atoms with Crippen molar-refractivity contribution in [2.24, 2.45) is 5.73 Å². The molecule has 9 nitrogen and oxygen atoms in total. The second-order valence-electron chi connectivity index (χ2n) is 6.00. The standard InChI is InChI=1S/C17H20N4O5S/c18-16(22)11-25-13-1-3-15(4-2-13)27(23,24)21-9-6-14(7-10-21)26-17-5-8-19-12-20-17/h1-5,8,12,14H,6-7,9-11H2,(H2,18,22). The molecule has 2 aromatic rings. The highest BCUT2D eigenvalue weighted by Crippen LogP contribution is 2.24. The molecule has 0 aliphatic carbocycles. The Kier molecular flexibility index (Phi) is 5.87. The van der Waals surface area contributed by atoms with Crippen molar-refractivity contribution >= 4 is 15.9 Å². The van der Waals surface area contributed by atoms with E-state index in [4.69, 9.17) is 15.2 Å². The van der Waals surface area contributed by atoms with E-state index in [0.717, 1.165) is 0 Å². The third-order valence-corrected chi connectivity index (χ3v) is 6.00. The van der Waals surface area contributed by atoms with Crippen LogP contribution in [0.5, 0.6) is 11.6 Å². The Labute approximate surface area is 157 Å². The van der Waals surface area contributed by atoms with Gasteiger partial charge in [-0.1, -0.05) is 0 Å². The van der Waals surface area contributed by atoms with Gasteiger partial charge in [-0.05, 0) is 37.1 Å². The minimum absolute atomic E-state index is 0.0871. The van der Waals surface area contributed by atoms with Crippen molar-refractivity contribution in [2.75, 3.05) is 19.7 Å². The minimum atomic E-state index is -3.60. The zero-order valence-corrected chi connectivity index (χ0v) is 15.3. The molecule has 1 saturated heterocycles. The first-order valence-corrected chi connectivity index (χ1v) is 9.83. The fraction of sp³-hybridized carbons (Fsp3) is 0.353. The van der Waals surface area contributed by atoms with E-state index in [-0.39, 0.29) is 17.6 Å². The molecule has 0 atom stereocenters. The largest absolute Gasteiger partial charge is 0.484 e. The molecule has 1 aromatic heterocycles. The minimum Gasteiger partial charge on any atom is -0.484 e. The molecule has 1 aliphatic heterocycles. The Morgan fingerprint density at radius 1 is 1.19 bits per heavy atom. The van der Waals surface area contributed by atoms with Crippen molar-refractivity contribution in [1.82, 2.24) is 14.3 Å². The fourth-order valence-electron chi connectivity index (χ4n) is 2.72. The van der Waals surface area contributed by atoms with E-state index < -0.39 is 15.9 Å². The summed E-state index contributed by atoms with van der Waals surface area (Å²) in [4.78, 5) is 18.7. The summed E-state index contributed by atoms with van der Waals surface area (Å²) in [6.45, 7) is 0.460. The molecule has 2 heterocycles. The number of rotatable bonds is 7. The zero-order chi connectivity index (χ0) is 19.3. The molecule has 0 saturated carbocycles. The molecular formula is C17H20N4O5S. The second-order valence-corrected chi connectivity index (χ2v) is 7.93. The molecule has 0 unspecified atom stereocenters. The van der Waals surface area contributed by atoms with Gasteiger partial charge in [-0.2, -0.15) is 4.31 Å². The van der Waals surface area contributed by atoms with Crippen LogP contribution in [0, 0.1) is 0 Å². The van der Waals surface area contributed by atoms with Crippen LogP contribution >= 0.6 is 0 Å². The summed E-state index contributed by atoms with van der Waals surface area (Å²) in [5.41, 5.74) is 5.01. The molecule has 144 valence electrons. The van der Waals surface area contributed by atoms with Gasteiger partial charge < -0.3 is 15.2 Å². The molecule has 1 fully saturated rings. The lowest BCUT2D eigenvalue weighted by molar-refractivity contribution is -0.119. The van der Waals surface area contributed by atoms with Gasteiger partial charge in [0.2, 0.25) is 15.9 Å². The van der Waals surface area contributed by atoms with Crippen LogP contribution in [0.25, 0.3) is 0 Å². The summed E-state index contributed by atoms with van der Waals surface area (Å²) < 4.78 is 37.9. The van der Waals surface area contributed by atoms with E-state index in [2.05, 4.69) is 9.97 Å². The number of hydrogen-bond donors (Lipinski definition) is 1. The summed E-state index contributed by atoms with van der Waals surface area (Å²) in [5.74, 6) is 0.265. The summed E-state index contributed by atoms with van der Waals surface area (Å²) in [6, 6.07) is 7.58. The summed E-state index contributed by atoms with van der Waals surface area (Å²) in [5, 5.41) is 0. The van der Waals surface area contributed by atoms with Gasteiger partial charge in [0.1, 0.15) is 18.2 Å². The Bertz CT molecular complexity index is 866. The topological polar surface area (TPSA) is 125 Å². The first-order valence-electron chi connectivity index (χ1n) is 8.39. The van der Waals surface area contributed by atoms with Crippen LogP contribution in [0.2, 0.25) is 0 Å². The first-order chi connectivity index (χ1) is 12.9. The van der Waals surface area contributed by atoms with Gasteiger partial charge in [-0.15, -0.1) is 0 Å². The maximum atomic E-state index is 12.8. The summed E-state index contributed by atoms with van der Waals surface area (Å²) in [7, 11) is -3.60. The van der Waals surface area contributed by atoms with E-state index in [1.165, 1.54) is 34.9 Å². The molecule has 3 rings (SSSR count). The molecule has 0 bridgehead atoms. The molecule has 10 heteroatoms. The quantitative estimate of drug-likeness (QED) is 0.730. The molecule has 0 radical (unpaired) electrons. The summed E-state index contributed by atoms with van der Waals surface area (Å²) in [6.07, 6.45) is 4.06. The highest BCUT2D eigenvalue weighted by Gasteiger charge is 2.30. The fourth-order valence-corrected chi connectivity index (χ4v) is 4.19. The van der Waals surface area contributed by atoms with Crippen LogP contribution in [0.4, 0.5) is 0 Å². The van der Waals surface area contributed by atoms with Crippen molar-refractivity contribution in [3.8, 4) is 11.6 Å². The number of nitrogens with two attached hydrogens (primary N) is 1. The smallest absolute Gasteiger partial charge is 0.255 e. The number of ether oxygens (including phenoxy) is 2. The molecule has 27 heavy (non-hydrogen) atoms. The Hall–Kier alpha value is -2.72. The van der Waals surface area contributed by atoms with Gasteiger partial charge in [0.25, 0.3) is 5.91 Å². The van der Waals surface area contributed by atoms with Gasteiger partial charge in [-0.3, -0.25) is 4.79 Å². The van der Waals surface area contributed by atoms with Crippen LogP contribution in [0.3, 0.4) is 0 Å². The predicted octanol–water partition coefficient (Wildman–Crippen LogP) is 0.573. The van der Waals surface area contributed by atoms with E-state index in [9.17, 15) is 13.2 Å². The first kappa shape index (κ1) is 19.1. The summed E-state index contributed by atoms with van der Waals surface area (Å²) >= 11 is 0. The number of aromatic nitrogens is 2. The maximum absolute atomic E-state index is 12.8. The molecular weight excluding hydrogens is 372 g/mol. The van der Waals surface area contributed by atoms with Gasteiger partial charge in [0.05, 0.1) is 4.90 Å². The maximum Gasteiger partial charge on any atom is 0.255 e. The Morgan fingerprint density at radius 2 is 1.89 bits per heavy atom. The number of amides is 1. The SMILES string of the molecule is NC(=O)COc1ccc(S(=O)(=O)N2CCC(Oc3ccncn3)CC2)cc1. The number of benzene rings is 1. The molecule has 2 N–H and O–H groups in total. The molecule has 1 amide bonds. The van der Waals surface area contributed by atoms with E-state index in [1.807, 2.05) is 0 Å². The number of hydrogen-bond acceptors (Lipinski definition) is 7. The van der Waals surface area contributed by atoms with E-state index >= 15 is 0 Å². The van der Waals surface area contributed by atoms with Crippen molar-refractivity contribution in [3.63, 3.8) is 0 Å². The lowest BCUT2D eigenvalue weighted by Gasteiger charge is -2.31. The van der Waals surface area contributed by atoms with Crippen molar-refractivity contribution in [3.05, 3.63) is 42.9 Å². The number of piperidine rings is 1. The van der Waals surface area contributed by atoms with Gasteiger partial charge >= 0.3 is 0 Å². The average Bonchev–Trinajstić information content (AvgIpc) is 2.68. The van der Waals surface area contributed by atoms with Crippen LogP contribution in [0.15, 0.2) is 47.8 Å². The van der Waals surface area contributed by atoms with Gasteiger partial charge in [0, 0.05) is 25.4 Å². The average molecular weight is 392 g/mol. The normalized spacial score (nSPS) is 16.0. The monoisotopic (exact) mass is 392 g/mol. The van der Waals surface area contributed by atoms with Gasteiger partial charge in [-0.25, -0.2) is 18.4 Å². The Balaban J connectivity index is 1.58. The third-order valence-electron chi connectivity index (χ3n) is 4.09. The van der Waals surface area contributed by atoms with Crippen LogP contribution in [-0.4, -0.2) is 54.4 Å². The number of carbonyl (C=O) groups is 1. The number of carbonyl (C=O) groups excluding carboxylic acids is 1. The Morgan fingerprint density at radius 3 is 2.48 bits per heavy atom. The number of sulfonamides is 1. The van der Waals surface area contributed by atoms with Crippen molar-refractivity contribution < 1.29 is 22.7 Å². The van der Waals surface area contributed by atoms with Gasteiger partial charge in [0.15, 0.2) is 6.61 Å². The highest BCUT2D eigenvalue weighted by molar-refractivity contribution is 7.89. The molecule has 0 spiro atoms. The number of nitrogens with zero attached hydrogens (tertiary/aromatic N) is 3. The van der Waals surface area contributed by atoms with Crippen molar-refractivity contribution in [1.29, 1.82) is 0 Å². The molecule has 1 aromatic carbocycles. The van der Waals surface area contributed by atoms with E-state index in [0.29, 0.717) is 37.6 Å². The lowest BCUT2D eigenvalue weighted by Crippen LogP contribution is -2.41. The second kappa shape index (κ2) is 8.31. The van der Waals surface area contributed by atoms with Crippen LogP contribution in [-0.2, 0) is 14.8 Å². The third kappa shape index (κ3) is 4.92. The number of primary amides is 1. The molecule has 1 aliphatic rings. The van der Waals surface area contributed by atoms with Crippen LogP contribution < -0.4 is 15.2 Å². The van der Waals surface area contributed by atoms with Crippen LogP contribution in [0.1, 0.15) is 12.8 Å². The zero-order valence-electron chi connectivity index (χ0n) is 14.5. The highest BCUT2D eigenvalue weighted by atomic mass is 32.2. The predicted molar refractivity (Wildman–Crippen MR) is 95.6 cm³/mol. The van der Waals surface area contributed by atoms with E-state index in [1.54, 1.807) is 12.3 Å².